The summed E-state index contributed by atoms with van der Waals surface area (Å²) in [4.78, 5) is 16.3. The van der Waals surface area contributed by atoms with Crippen molar-refractivity contribution in [2.24, 2.45) is 5.92 Å². The normalized spacial score (nSPS) is 24.6. The molecule has 1 heterocycles. The van der Waals surface area contributed by atoms with Gasteiger partial charge in [0.1, 0.15) is 0 Å². The van der Waals surface area contributed by atoms with Gasteiger partial charge in [0.2, 0.25) is 5.91 Å². The van der Waals surface area contributed by atoms with Crippen molar-refractivity contribution in [2.45, 2.75) is 31.7 Å². The van der Waals surface area contributed by atoms with E-state index in [9.17, 15) is 4.79 Å². The van der Waals surface area contributed by atoms with E-state index in [0.29, 0.717) is 12.6 Å². The van der Waals surface area contributed by atoms with Gasteiger partial charge in [-0.05, 0) is 52.2 Å². The summed E-state index contributed by atoms with van der Waals surface area (Å²) in [5.41, 5.74) is 0. The fourth-order valence-corrected chi connectivity index (χ4v) is 2.58. The van der Waals surface area contributed by atoms with Crippen molar-refractivity contribution in [3.8, 4) is 0 Å². The van der Waals surface area contributed by atoms with Gasteiger partial charge in [-0.1, -0.05) is 0 Å². The molecular weight excluding hydrogens is 214 g/mol. The van der Waals surface area contributed by atoms with Crippen LogP contribution < -0.4 is 5.32 Å². The minimum absolute atomic E-state index is 0.287. The molecule has 98 valence electrons. The molecule has 2 fully saturated rings. The minimum atomic E-state index is 0.287. The van der Waals surface area contributed by atoms with E-state index in [1.807, 2.05) is 0 Å². The van der Waals surface area contributed by atoms with E-state index < -0.39 is 0 Å². The molecule has 0 radical (unpaired) electrons. The molecule has 1 amide bonds. The van der Waals surface area contributed by atoms with Crippen LogP contribution in [0.1, 0.15) is 25.7 Å². The third-order valence-electron chi connectivity index (χ3n) is 3.68. The van der Waals surface area contributed by atoms with Crippen LogP contribution in [0, 0.1) is 5.92 Å². The Balaban J connectivity index is 1.71. The van der Waals surface area contributed by atoms with Crippen molar-refractivity contribution < 1.29 is 4.79 Å². The van der Waals surface area contributed by atoms with Crippen molar-refractivity contribution in [1.82, 2.24) is 15.1 Å². The predicted molar refractivity (Wildman–Crippen MR) is 68.9 cm³/mol. The second kappa shape index (κ2) is 5.83. The maximum Gasteiger partial charge on any atom is 0.236 e. The third kappa shape index (κ3) is 3.96. The number of rotatable bonds is 6. The molecule has 17 heavy (non-hydrogen) atoms. The zero-order valence-electron chi connectivity index (χ0n) is 11.1. The lowest BCUT2D eigenvalue weighted by atomic mass is 10.2. The van der Waals surface area contributed by atoms with Crippen LogP contribution in [0.15, 0.2) is 0 Å². The summed E-state index contributed by atoms with van der Waals surface area (Å²) < 4.78 is 0. The Morgan fingerprint density at radius 2 is 2.12 bits per heavy atom. The standard InChI is InChI=1S/C13H25N3O/c1-15(2)10-12-4-3-7-16(12)13(17)9-14-8-11-5-6-11/h11-12,14H,3-10H2,1-2H3. The molecule has 2 rings (SSSR count). The zero-order chi connectivity index (χ0) is 12.3. The smallest absolute Gasteiger partial charge is 0.236 e. The number of nitrogens with one attached hydrogen (secondary N) is 1. The van der Waals surface area contributed by atoms with Crippen LogP contribution in [-0.4, -0.2) is 62.0 Å². The molecule has 1 aliphatic heterocycles. The van der Waals surface area contributed by atoms with E-state index in [4.69, 9.17) is 0 Å². The van der Waals surface area contributed by atoms with E-state index in [-0.39, 0.29) is 5.91 Å². The fourth-order valence-electron chi connectivity index (χ4n) is 2.58. The highest BCUT2D eigenvalue weighted by Gasteiger charge is 2.29. The van der Waals surface area contributed by atoms with E-state index in [1.165, 1.54) is 12.8 Å². The number of nitrogens with zero attached hydrogens (tertiary/aromatic N) is 2. The maximum absolute atomic E-state index is 12.1. The van der Waals surface area contributed by atoms with E-state index in [1.54, 1.807) is 0 Å². The van der Waals surface area contributed by atoms with E-state index in [0.717, 1.165) is 38.4 Å². The molecular formula is C13H25N3O. The topological polar surface area (TPSA) is 35.6 Å². The molecule has 1 aliphatic carbocycles. The molecule has 4 nitrogen and oxygen atoms in total. The molecule has 0 aromatic carbocycles. The summed E-state index contributed by atoms with van der Waals surface area (Å²) in [5.74, 6) is 1.13. The van der Waals surface area contributed by atoms with Crippen LogP contribution in [0.2, 0.25) is 0 Å². The summed E-state index contributed by atoms with van der Waals surface area (Å²) in [6.45, 7) is 3.50. The monoisotopic (exact) mass is 239 g/mol. The Bertz CT molecular complexity index is 263. The number of amides is 1. The average Bonchev–Trinajstić information content (AvgIpc) is 2.97. The molecule has 0 aromatic heterocycles. The Morgan fingerprint density at radius 1 is 1.35 bits per heavy atom. The van der Waals surface area contributed by atoms with E-state index >= 15 is 0 Å². The first kappa shape index (κ1) is 12.8. The molecule has 0 aromatic rings. The fraction of sp³-hybridized carbons (Fsp3) is 0.923. The molecule has 0 bridgehead atoms. The van der Waals surface area contributed by atoms with Crippen LogP contribution in [0.5, 0.6) is 0 Å². The second-order valence-corrected chi connectivity index (χ2v) is 5.72. The lowest BCUT2D eigenvalue weighted by Crippen LogP contribution is -2.45. The van der Waals surface area contributed by atoms with Gasteiger partial charge in [0.15, 0.2) is 0 Å². The predicted octanol–water partition coefficient (Wildman–Crippen LogP) is 0.539. The SMILES string of the molecule is CN(C)CC1CCCN1C(=O)CNCC1CC1. The summed E-state index contributed by atoms with van der Waals surface area (Å²) in [7, 11) is 4.15. The second-order valence-electron chi connectivity index (χ2n) is 5.72. The molecule has 0 spiro atoms. The van der Waals surface area contributed by atoms with Crippen LogP contribution in [-0.2, 0) is 4.79 Å². The molecule has 2 aliphatic rings. The van der Waals surface area contributed by atoms with Gasteiger partial charge >= 0.3 is 0 Å². The van der Waals surface area contributed by atoms with Crippen molar-refractivity contribution in [1.29, 1.82) is 0 Å². The molecule has 1 saturated heterocycles. The van der Waals surface area contributed by atoms with Gasteiger partial charge in [-0.2, -0.15) is 0 Å². The van der Waals surface area contributed by atoms with Gasteiger partial charge in [-0.15, -0.1) is 0 Å². The van der Waals surface area contributed by atoms with Crippen molar-refractivity contribution >= 4 is 5.91 Å². The number of likely N-dealkylation sites (tertiary alicyclic amines) is 1. The highest BCUT2D eigenvalue weighted by molar-refractivity contribution is 5.78. The van der Waals surface area contributed by atoms with Crippen molar-refractivity contribution in [2.75, 3.05) is 40.3 Å². The molecule has 1 atom stereocenters. The van der Waals surface area contributed by atoms with Crippen LogP contribution in [0.3, 0.4) is 0 Å². The summed E-state index contributed by atoms with van der Waals surface area (Å²) in [6, 6.07) is 0.431. The van der Waals surface area contributed by atoms with Gasteiger partial charge in [-0.3, -0.25) is 4.79 Å². The van der Waals surface area contributed by atoms with Crippen molar-refractivity contribution in [3.05, 3.63) is 0 Å². The first-order valence-corrected chi connectivity index (χ1v) is 6.81. The van der Waals surface area contributed by atoms with Gasteiger partial charge in [0.25, 0.3) is 0 Å². The van der Waals surface area contributed by atoms with Gasteiger partial charge < -0.3 is 15.1 Å². The summed E-state index contributed by atoms with van der Waals surface area (Å²) >= 11 is 0. The maximum atomic E-state index is 12.1. The largest absolute Gasteiger partial charge is 0.337 e. The lowest BCUT2D eigenvalue weighted by molar-refractivity contribution is -0.131. The lowest BCUT2D eigenvalue weighted by Gasteiger charge is -2.27. The minimum Gasteiger partial charge on any atom is -0.337 e. The Morgan fingerprint density at radius 3 is 2.76 bits per heavy atom. The Labute approximate surface area is 104 Å². The van der Waals surface area contributed by atoms with Crippen LogP contribution in [0.4, 0.5) is 0 Å². The zero-order valence-corrected chi connectivity index (χ0v) is 11.1. The third-order valence-corrected chi connectivity index (χ3v) is 3.68. The van der Waals surface area contributed by atoms with Gasteiger partial charge in [-0.25, -0.2) is 0 Å². The van der Waals surface area contributed by atoms with Crippen molar-refractivity contribution in [3.63, 3.8) is 0 Å². The average molecular weight is 239 g/mol. The Kier molecular flexibility index (Phi) is 4.40. The molecule has 4 heteroatoms. The number of carbonyl (C=O) groups excluding carboxylic acids is 1. The highest BCUT2D eigenvalue weighted by Crippen LogP contribution is 2.27. The molecule has 1 unspecified atom stereocenters. The number of likely N-dealkylation sites (N-methyl/N-ethyl adjacent to an activating group) is 1. The summed E-state index contributed by atoms with van der Waals surface area (Å²) in [5, 5.41) is 3.29. The highest BCUT2D eigenvalue weighted by atomic mass is 16.2. The molecule has 1 saturated carbocycles. The van der Waals surface area contributed by atoms with Gasteiger partial charge in [0.05, 0.1) is 6.54 Å². The first-order chi connectivity index (χ1) is 8.16. The molecule has 1 N–H and O–H groups in total. The number of hydrogen-bond donors (Lipinski definition) is 1. The van der Waals surface area contributed by atoms with Gasteiger partial charge in [0, 0.05) is 19.1 Å². The van der Waals surface area contributed by atoms with Crippen LogP contribution >= 0.6 is 0 Å². The quantitative estimate of drug-likeness (QED) is 0.735. The first-order valence-electron chi connectivity index (χ1n) is 6.81. The van der Waals surface area contributed by atoms with Crippen LogP contribution in [0.25, 0.3) is 0 Å². The number of carbonyl (C=O) groups is 1. The summed E-state index contributed by atoms with van der Waals surface area (Å²) in [6.07, 6.45) is 5.00. The van der Waals surface area contributed by atoms with E-state index in [2.05, 4.69) is 29.2 Å². The Hall–Kier alpha value is -0.610. The number of hydrogen-bond acceptors (Lipinski definition) is 3.